The molecule has 1 aromatic rings. The van der Waals surface area contributed by atoms with Crippen LogP contribution in [0, 0.1) is 0 Å². The van der Waals surface area contributed by atoms with Crippen LogP contribution < -0.4 is 0 Å². The van der Waals surface area contributed by atoms with Crippen molar-refractivity contribution in [2.75, 3.05) is 0 Å². The fourth-order valence-electron chi connectivity index (χ4n) is 1.69. The number of hydrogen-bond donors (Lipinski definition) is 1. The quantitative estimate of drug-likeness (QED) is 0.736. The Hall–Kier alpha value is -1.31. The minimum Gasteiger partial charge on any atom is -0.508 e. The van der Waals surface area contributed by atoms with Crippen LogP contribution in [0.15, 0.2) is 23.2 Å². The van der Waals surface area contributed by atoms with Gasteiger partial charge in [-0.1, -0.05) is 13.3 Å². The lowest BCUT2D eigenvalue weighted by Gasteiger charge is -1.96. The van der Waals surface area contributed by atoms with Gasteiger partial charge in [0.1, 0.15) is 5.75 Å². The highest BCUT2D eigenvalue weighted by Crippen LogP contribution is 2.30. The smallest absolute Gasteiger partial charge is 0.116 e. The molecule has 1 aliphatic heterocycles. The summed E-state index contributed by atoms with van der Waals surface area (Å²) in [6.07, 6.45) is 3.12. The van der Waals surface area contributed by atoms with Crippen molar-refractivity contribution in [1.29, 1.82) is 0 Å². The molecule has 0 saturated carbocycles. The van der Waals surface area contributed by atoms with E-state index >= 15 is 0 Å². The second-order valence-electron chi connectivity index (χ2n) is 3.42. The number of benzene rings is 1. The van der Waals surface area contributed by atoms with Crippen molar-refractivity contribution >= 4 is 11.4 Å². The molecule has 0 unspecified atom stereocenters. The third-order valence-electron chi connectivity index (χ3n) is 2.27. The molecule has 0 radical (unpaired) electrons. The number of aliphatic imine (C=N–C) groups is 1. The average molecular weight is 175 g/mol. The Morgan fingerprint density at radius 2 is 2.31 bits per heavy atom. The van der Waals surface area contributed by atoms with E-state index < -0.39 is 0 Å². The molecule has 0 aliphatic carbocycles. The molecule has 2 nitrogen and oxygen atoms in total. The summed E-state index contributed by atoms with van der Waals surface area (Å²) in [5, 5.41) is 9.26. The lowest BCUT2D eigenvalue weighted by atomic mass is 10.1. The summed E-state index contributed by atoms with van der Waals surface area (Å²) >= 11 is 0. The fraction of sp³-hybridized carbons (Fsp3) is 0.364. The van der Waals surface area contributed by atoms with Crippen molar-refractivity contribution in [3.63, 3.8) is 0 Å². The van der Waals surface area contributed by atoms with Crippen molar-refractivity contribution in [2.24, 2.45) is 4.99 Å². The van der Waals surface area contributed by atoms with E-state index in [1.165, 1.54) is 5.71 Å². The normalized spacial score (nSPS) is 14.1. The number of aromatic hydroxyl groups is 1. The predicted molar refractivity (Wildman–Crippen MR) is 53.8 cm³/mol. The monoisotopic (exact) mass is 175 g/mol. The van der Waals surface area contributed by atoms with Crippen molar-refractivity contribution in [3.8, 4) is 5.75 Å². The summed E-state index contributed by atoms with van der Waals surface area (Å²) in [5.74, 6) is 0.340. The third kappa shape index (κ3) is 1.57. The van der Waals surface area contributed by atoms with Gasteiger partial charge >= 0.3 is 0 Å². The van der Waals surface area contributed by atoms with Crippen LogP contribution in [0.1, 0.15) is 25.3 Å². The first-order chi connectivity index (χ1) is 6.29. The zero-order valence-corrected chi connectivity index (χ0v) is 7.75. The van der Waals surface area contributed by atoms with E-state index in [4.69, 9.17) is 0 Å². The van der Waals surface area contributed by atoms with Gasteiger partial charge in [-0.15, -0.1) is 0 Å². The first-order valence-electron chi connectivity index (χ1n) is 4.68. The van der Waals surface area contributed by atoms with E-state index in [1.54, 1.807) is 6.07 Å². The molecule has 0 spiro atoms. The topological polar surface area (TPSA) is 32.6 Å². The lowest BCUT2D eigenvalue weighted by molar-refractivity contribution is 0.475. The molecular weight excluding hydrogens is 162 g/mol. The number of phenolic OH excluding ortho intramolecular Hbond substituents is 1. The van der Waals surface area contributed by atoms with Gasteiger partial charge in [-0.25, -0.2) is 0 Å². The Balaban J connectivity index is 2.25. The number of hydrogen-bond acceptors (Lipinski definition) is 2. The Morgan fingerprint density at radius 3 is 3.08 bits per heavy atom. The Bertz CT molecular complexity index is 355. The van der Waals surface area contributed by atoms with Crippen LogP contribution in [0.5, 0.6) is 5.75 Å². The standard InChI is InChI=1S/C11H13NO/c1-2-3-9-6-8-7-10(13)4-5-11(8)12-9/h4-5,7,13H,2-3,6H2,1H3. The molecule has 68 valence electrons. The van der Waals surface area contributed by atoms with Gasteiger partial charge in [-0.2, -0.15) is 0 Å². The first-order valence-corrected chi connectivity index (χ1v) is 4.68. The van der Waals surface area contributed by atoms with Gasteiger partial charge in [-0.3, -0.25) is 4.99 Å². The molecule has 0 atom stereocenters. The average Bonchev–Trinajstić information content (AvgIpc) is 2.46. The Labute approximate surface area is 77.9 Å². The Morgan fingerprint density at radius 1 is 1.46 bits per heavy atom. The maximum Gasteiger partial charge on any atom is 0.116 e. The maximum atomic E-state index is 9.26. The second kappa shape index (κ2) is 3.21. The van der Waals surface area contributed by atoms with Gasteiger partial charge in [0.25, 0.3) is 0 Å². The van der Waals surface area contributed by atoms with Gasteiger partial charge in [0.2, 0.25) is 0 Å². The van der Waals surface area contributed by atoms with Crippen molar-refractivity contribution in [2.45, 2.75) is 26.2 Å². The molecule has 0 aromatic heterocycles. The molecule has 1 aliphatic rings. The fourth-order valence-corrected chi connectivity index (χ4v) is 1.69. The SMILES string of the molecule is CCCC1=Nc2ccc(O)cc2C1. The molecule has 1 heterocycles. The lowest BCUT2D eigenvalue weighted by Crippen LogP contribution is -1.95. The van der Waals surface area contributed by atoms with Crippen molar-refractivity contribution in [3.05, 3.63) is 23.8 Å². The summed E-state index contributed by atoms with van der Waals surface area (Å²) in [4.78, 5) is 4.49. The van der Waals surface area contributed by atoms with E-state index in [0.717, 1.165) is 30.5 Å². The molecule has 0 saturated heterocycles. The van der Waals surface area contributed by atoms with Gasteiger partial charge in [-0.05, 0) is 30.2 Å². The molecule has 2 rings (SSSR count). The summed E-state index contributed by atoms with van der Waals surface area (Å²) in [6.45, 7) is 2.16. The third-order valence-corrected chi connectivity index (χ3v) is 2.27. The van der Waals surface area contributed by atoms with Crippen LogP contribution in [0.3, 0.4) is 0 Å². The summed E-state index contributed by atoms with van der Waals surface area (Å²) in [5.41, 5.74) is 3.42. The Kier molecular flexibility index (Phi) is 2.05. The van der Waals surface area contributed by atoms with Gasteiger partial charge in [0.15, 0.2) is 0 Å². The highest BCUT2D eigenvalue weighted by Gasteiger charge is 2.13. The molecule has 1 N–H and O–H groups in total. The summed E-state index contributed by atoms with van der Waals surface area (Å²) in [6, 6.07) is 5.38. The van der Waals surface area contributed by atoms with Crippen molar-refractivity contribution < 1.29 is 5.11 Å². The number of rotatable bonds is 2. The molecule has 2 heteroatoms. The summed E-state index contributed by atoms with van der Waals surface area (Å²) in [7, 11) is 0. The largest absolute Gasteiger partial charge is 0.508 e. The van der Waals surface area contributed by atoms with E-state index in [1.807, 2.05) is 12.1 Å². The van der Waals surface area contributed by atoms with Crippen LogP contribution in [-0.2, 0) is 6.42 Å². The van der Waals surface area contributed by atoms with Gasteiger partial charge in [0.05, 0.1) is 5.69 Å². The molecule has 1 aromatic carbocycles. The zero-order valence-electron chi connectivity index (χ0n) is 7.75. The molecule has 13 heavy (non-hydrogen) atoms. The number of phenols is 1. The highest BCUT2D eigenvalue weighted by molar-refractivity contribution is 5.94. The van der Waals surface area contributed by atoms with E-state index in [2.05, 4.69) is 11.9 Å². The van der Waals surface area contributed by atoms with E-state index in [9.17, 15) is 5.11 Å². The van der Waals surface area contributed by atoms with Crippen LogP contribution in [0.25, 0.3) is 0 Å². The zero-order chi connectivity index (χ0) is 9.26. The summed E-state index contributed by atoms with van der Waals surface area (Å²) < 4.78 is 0. The van der Waals surface area contributed by atoms with Gasteiger partial charge in [0, 0.05) is 12.1 Å². The van der Waals surface area contributed by atoms with Crippen LogP contribution in [0.2, 0.25) is 0 Å². The molecule has 0 amide bonds. The van der Waals surface area contributed by atoms with Crippen LogP contribution in [-0.4, -0.2) is 10.8 Å². The van der Waals surface area contributed by atoms with Crippen molar-refractivity contribution in [1.82, 2.24) is 0 Å². The minimum absolute atomic E-state index is 0.340. The minimum atomic E-state index is 0.340. The molecular formula is C11H13NO. The van der Waals surface area contributed by atoms with E-state index in [0.29, 0.717) is 5.75 Å². The second-order valence-corrected chi connectivity index (χ2v) is 3.42. The number of nitrogens with zero attached hydrogens (tertiary/aromatic N) is 1. The van der Waals surface area contributed by atoms with Crippen LogP contribution >= 0.6 is 0 Å². The number of fused-ring (bicyclic) bond motifs is 1. The maximum absolute atomic E-state index is 9.26. The van der Waals surface area contributed by atoms with Gasteiger partial charge < -0.3 is 5.11 Å². The van der Waals surface area contributed by atoms with E-state index in [-0.39, 0.29) is 0 Å². The van der Waals surface area contributed by atoms with Crippen LogP contribution in [0.4, 0.5) is 5.69 Å². The molecule has 0 bridgehead atoms. The first kappa shape index (κ1) is 8.30. The molecule has 0 fully saturated rings. The predicted octanol–water partition coefficient (Wildman–Crippen LogP) is 2.82. The highest BCUT2D eigenvalue weighted by atomic mass is 16.3.